The van der Waals surface area contributed by atoms with E-state index in [1.165, 1.54) is 6.42 Å². The maximum atomic E-state index is 12.1. The average Bonchev–Trinajstić information content (AvgIpc) is 2.47. The van der Waals surface area contributed by atoms with Crippen molar-refractivity contribution in [2.24, 2.45) is 5.73 Å². The molecule has 0 aromatic heterocycles. The van der Waals surface area contributed by atoms with E-state index in [-0.39, 0.29) is 12.5 Å². The first kappa shape index (κ1) is 14.9. The molecular formula is C16H24N2O2. The predicted molar refractivity (Wildman–Crippen MR) is 79.9 cm³/mol. The van der Waals surface area contributed by atoms with Gasteiger partial charge in [0.25, 0.3) is 5.91 Å². The van der Waals surface area contributed by atoms with Gasteiger partial charge in [0.15, 0.2) is 6.61 Å². The van der Waals surface area contributed by atoms with Crippen LogP contribution in [0.4, 0.5) is 0 Å². The second-order valence-corrected chi connectivity index (χ2v) is 5.33. The van der Waals surface area contributed by atoms with Gasteiger partial charge in [-0.15, -0.1) is 0 Å². The Morgan fingerprint density at radius 3 is 2.75 bits per heavy atom. The molecule has 0 bridgehead atoms. The number of likely N-dealkylation sites (tertiary alicyclic amines) is 1. The lowest BCUT2D eigenvalue weighted by molar-refractivity contribution is -0.134. The fraction of sp³-hybridized carbons (Fsp3) is 0.562. The highest BCUT2D eigenvalue weighted by Gasteiger charge is 2.17. The molecule has 4 heteroatoms. The predicted octanol–water partition coefficient (Wildman–Crippen LogP) is 1.89. The third kappa shape index (κ3) is 3.73. The van der Waals surface area contributed by atoms with Crippen molar-refractivity contribution in [3.8, 4) is 5.75 Å². The highest BCUT2D eigenvalue weighted by atomic mass is 16.5. The van der Waals surface area contributed by atoms with Gasteiger partial charge in [-0.3, -0.25) is 4.79 Å². The highest BCUT2D eigenvalue weighted by molar-refractivity contribution is 5.78. The lowest BCUT2D eigenvalue weighted by atomic mass is 10.1. The molecular weight excluding hydrogens is 252 g/mol. The van der Waals surface area contributed by atoms with Gasteiger partial charge in [0.05, 0.1) is 0 Å². The van der Waals surface area contributed by atoms with Crippen LogP contribution in [0.15, 0.2) is 18.2 Å². The monoisotopic (exact) mass is 276 g/mol. The number of ether oxygens (including phenoxy) is 1. The van der Waals surface area contributed by atoms with Gasteiger partial charge >= 0.3 is 0 Å². The first-order valence-corrected chi connectivity index (χ1v) is 7.41. The number of hydrogen-bond donors (Lipinski definition) is 1. The summed E-state index contributed by atoms with van der Waals surface area (Å²) >= 11 is 0. The van der Waals surface area contributed by atoms with Crippen LogP contribution in [-0.2, 0) is 11.2 Å². The normalized spacial score (nSPS) is 15.2. The Kier molecular flexibility index (Phi) is 5.41. The van der Waals surface area contributed by atoms with E-state index in [0.29, 0.717) is 6.54 Å². The number of piperidine rings is 1. The molecule has 0 atom stereocenters. The van der Waals surface area contributed by atoms with Crippen LogP contribution in [0.1, 0.15) is 30.4 Å². The van der Waals surface area contributed by atoms with E-state index < -0.39 is 0 Å². The number of rotatable bonds is 5. The zero-order valence-electron chi connectivity index (χ0n) is 12.2. The maximum Gasteiger partial charge on any atom is 0.260 e. The molecule has 0 unspecified atom stereocenters. The molecule has 1 aromatic carbocycles. The van der Waals surface area contributed by atoms with Gasteiger partial charge in [0, 0.05) is 13.1 Å². The molecule has 20 heavy (non-hydrogen) atoms. The molecule has 1 saturated heterocycles. The fourth-order valence-electron chi connectivity index (χ4n) is 2.64. The van der Waals surface area contributed by atoms with Crippen LogP contribution in [0.25, 0.3) is 0 Å². The van der Waals surface area contributed by atoms with Crippen molar-refractivity contribution < 1.29 is 9.53 Å². The second-order valence-electron chi connectivity index (χ2n) is 5.33. The SMILES string of the molecule is Cc1cccc(CCN)c1OCC(=O)N1CCCCC1. The van der Waals surface area contributed by atoms with E-state index in [9.17, 15) is 4.79 Å². The summed E-state index contributed by atoms with van der Waals surface area (Å²) in [6, 6.07) is 6.01. The van der Waals surface area contributed by atoms with E-state index >= 15 is 0 Å². The van der Waals surface area contributed by atoms with Crippen LogP contribution in [-0.4, -0.2) is 37.0 Å². The van der Waals surface area contributed by atoms with Crippen molar-refractivity contribution >= 4 is 5.91 Å². The van der Waals surface area contributed by atoms with E-state index in [4.69, 9.17) is 10.5 Å². The summed E-state index contributed by atoms with van der Waals surface area (Å²) in [6.45, 7) is 4.44. The molecule has 1 fully saturated rings. The number of benzene rings is 1. The smallest absolute Gasteiger partial charge is 0.260 e. The molecule has 1 aliphatic heterocycles. The number of amides is 1. The molecule has 2 N–H and O–H groups in total. The minimum atomic E-state index is 0.0895. The lowest BCUT2D eigenvalue weighted by Gasteiger charge is -2.27. The summed E-state index contributed by atoms with van der Waals surface area (Å²) in [6.07, 6.45) is 4.21. The summed E-state index contributed by atoms with van der Waals surface area (Å²) in [7, 11) is 0. The molecule has 1 heterocycles. The first-order chi connectivity index (χ1) is 9.72. The molecule has 2 rings (SSSR count). The maximum absolute atomic E-state index is 12.1. The Bertz CT molecular complexity index is 454. The minimum absolute atomic E-state index is 0.0895. The van der Waals surface area contributed by atoms with Crippen molar-refractivity contribution in [3.05, 3.63) is 29.3 Å². The molecule has 110 valence electrons. The molecule has 0 spiro atoms. The summed E-state index contributed by atoms with van der Waals surface area (Å²) in [5.74, 6) is 0.912. The third-order valence-corrected chi connectivity index (χ3v) is 3.76. The lowest BCUT2D eigenvalue weighted by Crippen LogP contribution is -2.38. The van der Waals surface area contributed by atoms with Crippen LogP contribution in [0.5, 0.6) is 5.75 Å². The van der Waals surface area contributed by atoms with Gasteiger partial charge in [-0.05, 0) is 50.3 Å². The molecule has 0 saturated carbocycles. The van der Waals surface area contributed by atoms with E-state index in [1.54, 1.807) is 0 Å². The van der Waals surface area contributed by atoms with Gasteiger partial charge in [0.2, 0.25) is 0 Å². The molecule has 4 nitrogen and oxygen atoms in total. The fourth-order valence-corrected chi connectivity index (χ4v) is 2.64. The largest absolute Gasteiger partial charge is 0.483 e. The van der Waals surface area contributed by atoms with E-state index in [0.717, 1.165) is 49.2 Å². The molecule has 1 aliphatic rings. The Hall–Kier alpha value is -1.55. The number of nitrogens with zero attached hydrogens (tertiary/aromatic N) is 1. The highest BCUT2D eigenvalue weighted by Crippen LogP contribution is 2.24. The Morgan fingerprint density at radius 2 is 2.05 bits per heavy atom. The second kappa shape index (κ2) is 7.29. The van der Waals surface area contributed by atoms with Gasteiger partial charge in [-0.1, -0.05) is 18.2 Å². The summed E-state index contributed by atoms with van der Waals surface area (Å²) in [4.78, 5) is 14.0. The third-order valence-electron chi connectivity index (χ3n) is 3.76. The summed E-state index contributed by atoms with van der Waals surface area (Å²) in [5.41, 5.74) is 7.76. The average molecular weight is 276 g/mol. The Balaban J connectivity index is 1.97. The van der Waals surface area contributed by atoms with Gasteiger partial charge in [-0.2, -0.15) is 0 Å². The van der Waals surface area contributed by atoms with E-state index in [1.807, 2.05) is 30.0 Å². The first-order valence-electron chi connectivity index (χ1n) is 7.41. The van der Waals surface area contributed by atoms with Crippen molar-refractivity contribution in [1.29, 1.82) is 0 Å². The van der Waals surface area contributed by atoms with Crippen LogP contribution in [0, 0.1) is 6.92 Å². The molecule has 1 amide bonds. The molecule has 0 aliphatic carbocycles. The topological polar surface area (TPSA) is 55.6 Å². The number of carbonyl (C=O) groups excluding carboxylic acids is 1. The standard InChI is InChI=1S/C16H24N2O2/c1-13-6-5-7-14(8-9-17)16(13)20-12-15(19)18-10-3-2-4-11-18/h5-7H,2-4,8-12,17H2,1H3. The number of para-hydroxylation sites is 1. The van der Waals surface area contributed by atoms with E-state index in [2.05, 4.69) is 0 Å². The van der Waals surface area contributed by atoms with Crippen molar-refractivity contribution in [3.63, 3.8) is 0 Å². The Morgan fingerprint density at radius 1 is 1.30 bits per heavy atom. The number of hydrogen-bond acceptors (Lipinski definition) is 3. The van der Waals surface area contributed by atoms with Gasteiger partial charge in [-0.25, -0.2) is 0 Å². The number of aryl methyl sites for hydroxylation is 1. The van der Waals surface area contributed by atoms with Crippen molar-refractivity contribution in [2.45, 2.75) is 32.6 Å². The van der Waals surface area contributed by atoms with Crippen LogP contribution < -0.4 is 10.5 Å². The van der Waals surface area contributed by atoms with Crippen LogP contribution >= 0.6 is 0 Å². The van der Waals surface area contributed by atoms with Gasteiger partial charge < -0.3 is 15.4 Å². The van der Waals surface area contributed by atoms with Gasteiger partial charge in [0.1, 0.15) is 5.75 Å². The molecule has 1 aromatic rings. The number of carbonyl (C=O) groups is 1. The van der Waals surface area contributed by atoms with Crippen molar-refractivity contribution in [2.75, 3.05) is 26.2 Å². The van der Waals surface area contributed by atoms with Crippen LogP contribution in [0.2, 0.25) is 0 Å². The van der Waals surface area contributed by atoms with Crippen LogP contribution in [0.3, 0.4) is 0 Å². The quantitative estimate of drug-likeness (QED) is 0.893. The summed E-state index contributed by atoms with van der Waals surface area (Å²) in [5, 5.41) is 0. The molecule has 0 radical (unpaired) electrons. The zero-order valence-corrected chi connectivity index (χ0v) is 12.2. The zero-order chi connectivity index (χ0) is 14.4. The summed E-state index contributed by atoms with van der Waals surface area (Å²) < 4.78 is 5.79. The minimum Gasteiger partial charge on any atom is -0.483 e. The Labute approximate surface area is 120 Å². The van der Waals surface area contributed by atoms with Crippen molar-refractivity contribution in [1.82, 2.24) is 4.90 Å². The number of nitrogens with two attached hydrogens (primary N) is 1.